The normalized spacial score (nSPS) is 12.5. The van der Waals surface area contributed by atoms with E-state index in [0.29, 0.717) is 13.2 Å². The van der Waals surface area contributed by atoms with Crippen LogP contribution in [0, 0.1) is 0 Å². The highest BCUT2D eigenvalue weighted by Crippen LogP contribution is 2.31. The molecule has 0 radical (unpaired) electrons. The predicted molar refractivity (Wildman–Crippen MR) is 86.7 cm³/mol. The standard InChI is InChI=1S/C16H23N3O2/c1-12(11-21-3)19(9-10-20-2)15-7-6-14-13(16(15)17)5-4-8-18-14/h4-8,12H,9-11,17H2,1-3H3. The van der Waals surface area contributed by atoms with Crippen molar-refractivity contribution in [1.82, 2.24) is 4.98 Å². The molecule has 114 valence electrons. The highest BCUT2D eigenvalue weighted by atomic mass is 16.5. The van der Waals surface area contributed by atoms with Crippen LogP contribution in [0.3, 0.4) is 0 Å². The van der Waals surface area contributed by atoms with Gasteiger partial charge in [-0.15, -0.1) is 0 Å². The Kier molecular flexibility index (Phi) is 5.36. The van der Waals surface area contributed by atoms with Gasteiger partial charge in [-0.2, -0.15) is 0 Å². The van der Waals surface area contributed by atoms with Crippen LogP contribution in [0.15, 0.2) is 30.5 Å². The smallest absolute Gasteiger partial charge is 0.0724 e. The first-order chi connectivity index (χ1) is 10.2. The Balaban J connectivity index is 2.41. The number of aromatic nitrogens is 1. The van der Waals surface area contributed by atoms with Crippen LogP contribution in [-0.4, -0.2) is 45.0 Å². The van der Waals surface area contributed by atoms with Crippen LogP contribution < -0.4 is 10.6 Å². The first-order valence-corrected chi connectivity index (χ1v) is 7.06. The third kappa shape index (κ3) is 3.43. The van der Waals surface area contributed by atoms with Gasteiger partial charge in [0.1, 0.15) is 0 Å². The maximum atomic E-state index is 6.36. The summed E-state index contributed by atoms with van der Waals surface area (Å²) >= 11 is 0. The van der Waals surface area contributed by atoms with Gasteiger partial charge in [0.25, 0.3) is 0 Å². The number of nitrogens with two attached hydrogens (primary N) is 1. The zero-order valence-corrected chi connectivity index (χ0v) is 12.9. The largest absolute Gasteiger partial charge is 0.396 e. The number of anilines is 2. The molecule has 0 saturated carbocycles. The van der Waals surface area contributed by atoms with Gasteiger partial charge in [0.15, 0.2) is 0 Å². The molecule has 1 aromatic carbocycles. The van der Waals surface area contributed by atoms with Crippen molar-refractivity contribution in [1.29, 1.82) is 0 Å². The van der Waals surface area contributed by atoms with Gasteiger partial charge in [0, 0.05) is 38.4 Å². The average Bonchev–Trinajstić information content (AvgIpc) is 2.50. The average molecular weight is 289 g/mol. The molecule has 2 N–H and O–H groups in total. The van der Waals surface area contributed by atoms with E-state index in [1.54, 1.807) is 20.4 Å². The monoisotopic (exact) mass is 289 g/mol. The van der Waals surface area contributed by atoms with Crippen LogP contribution >= 0.6 is 0 Å². The quantitative estimate of drug-likeness (QED) is 0.793. The molecule has 1 unspecified atom stereocenters. The molecule has 1 atom stereocenters. The first kappa shape index (κ1) is 15.5. The zero-order chi connectivity index (χ0) is 15.2. The Bertz CT molecular complexity index is 589. The van der Waals surface area contributed by atoms with Gasteiger partial charge in [-0.1, -0.05) is 0 Å². The molecule has 5 heteroatoms. The molecule has 0 bridgehead atoms. The van der Waals surface area contributed by atoms with E-state index in [0.717, 1.165) is 28.8 Å². The molecule has 2 aromatic rings. The fourth-order valence-corrected chi connectivity index (χ4v) is 2.51. The Morgan fingerprint density at radius 1 is 1.24 bits per heavy atom. The third-order valence-corrected chi connectivity index (χ3v) is 3.59. The molecule has 0 aliphatic heterocycles. The Labute approximate surface area is 125 Å². The van der Waals surface area contributed by atoms with E-state index in [1.165, 1.54) is 0 Å². The van der Waals surface area contributed by atoms with Gasteiger partial charge in [0.05, 0.1) is 30.1 Å². The highest BCUT2D eigenvalue weighted by molar-refractivity contribution is 5.97. The number of nitrogen functional groups attached to an aromatic ring is 1. The van der Waals surface area contributed by atoms with E-state index in [4.69, 9.17) is 15.2 Å². The van der Waals surface area contributed by atoms with E-state index in [2.05, 4.69) is 16.8 Å². The summed E-state index contributed by atoms with van der Waals surface area (Å²) in [5.41, 5.74) is 9.02. The van der Waals surface area contributed by atoms with Gasteiger partial charge in [-0.3, -0.25) is 4.98 Å². The summed E-state index contributed by atoms with van der Waals surface area (Å²) in [6.45, 7) is 4.15. The Morgan fingerprint density at radius 2 is 2.05 bits per heavy atom. The summed E-state index contributed by atoms with van der Waals surface area (Å²) < 4.78 is 10.5. The van der Waals surface area contributed by atoms with E-state index < -0.39 is 0 Å². The number of benzene rings is 1. The van der Waals surface area contributed by atoms with Crippen molar-refractivity contribution in [2.24, 2.45) is 0 Å². The summed E-state index contributed by atoms with van der Waals surface area (Å²) in [6.07, 6.45) is 1.78. The minimum absolute atomic E-state index is 0.210. The van der Waals surface area contributed by atoms with Crippen molar-refractivity contribution in [2.75, 3.05) is 44.6 Å². The number of hydrogen-bond acceptors (Lipinski definition) is 5. The lowest BCUT2D eigenvalue weighted by Gasteiger charge is -2.32. The summed E-state index contributed by atoms with van der Waals surface area (Å²) in [6, 6.07) is 8.13. The van der Waals surface area contributed by atoms with Crippen molar-refractivity contribution in [3.63, 3.8) is 0 Å². The second kappa shape index (κ2) is 7.24. The number of nitrogens with zero attached hydrogens (tertiary/aromatic N) is 2. The second-order valence-electron chi connectivity index (χ2n) is 5.06. The molecule has 0 aliphatic carbocycles. The van der Waals surface area contributed by atoms with E-state index in [9.17, 15) is 0 Å². The summed E-state index contributed by atoms with van der Waals surface area (Å²) in [7, 11) is 3.41. The fraction of sp³-hybridized carbons (Fsp3) is 0.438. The third-order valence-electron chi connectivity index (χ3n) is 3.59. The maximum Gasteiger partial charge on any atom is 0.0724 e. The minimum Gasteiger partial charge on any atom is -0.396 e. The highest BCUT2D eigenvalue weighted by Gasteiger charge is 2.18. The van der Waals surface area contributed by atoms with Gasteiger partial charge < -0.3 is 20.1 Å². The van der Waals surface area contributed by atoms with Crippen LogP contribution in [0.2, 0.25) is 0 Å². The molecule has 2 rings (SSSR count). The summed E-state index contributed by atoms with van der Waals surface area (Å²) in [4.78, 5) is 6.55. The van der Waals surface area contributed by atoms with E-state index in [-0.39, 0.29) is 6.04 Å². The molecule has 0 amide bonds. The molecule has 0 saturated heterocycles. The fourth-order valence-electron chi connectivity index (χ4n) is 2.51. The van der Waals surface area contributed by atoms with Crippen LogP contribution in [0.1, 0.15) is 6.92 Å². The van der Waals surface area contributed by atoms with Gasteiger partial charge >= 0.3 is 0 Å². The minimum atomic E-state index is 0.210. The zero-order valence-electron chi connectivity index (χ0n) is 12.9. The van der Waals surface area contributed by atoms with Crippen LogP contribution in [-0.2, 0) is 9.47 Å². The van der Waals surface area contributed by atoms with Crippen molar-refractivity contribution in [2.45, 2.75) is 13.0 Å². The lowest BCUT2D eigenvalue weighted by atomic mass is 10.1. The Hall–Kier alpha value is -1.85. The lowest BCUT2D eigenvalue weighted by molar-refractivity contribution is 0.171. The molecular weight excluding hydrogens is 266 g/mol. The number of methoxy groups -OCH3 is 2. The number of fused-ring (bicyclic) bond motifs is 1. The van der Waals surface area contributed by atoms with Gasteiger partial charge in [0.2, 0.25) is 0 Å². The topological polar surface area (TPSA) is 60.6 Å². The lowest BCUT2D eigenvalue weighted by Crippen LogP contribution is -2.39. The molecule has 1 aromatic heterocycles. The Morgan fingerprint density at radius 3 is 2.76 bits per heavy atom. The molecule has 0 spiro atoms. The number of hydrogen-bond donors (Lipinski definition) is 1. The van der Waals surface area contributed by atoms with E-state index in [1.807, 2.05) is 24.3 Å². The summed E-state index contributed by atoms with van der Waals surface area (Å²) in [5.74, 6) is 0. The van der Waals surface area contributed by atoms with Crippen molar-refractivity contribution in [3.8, 4) is 0 Å². The van der Waals surface area contributed by atoms with Crippen LogP contribution in [0.4, 0.5) is 11.4 Å². The second-order valence-corrected chi connectivity index (χ2v) is 5.06. The molecule has 0 fully saturated rings. The molecule has 1 heterocycles. The number of rotatable bonds is 7. The predicted octanol–water partition coefficient (Wildman–Crippen LogP) is 2.30. The van der Waals surface area contributed by atoms with Crippen LogP contribution in [0.5, 0.6) is 0 Å². The van der Waals surface area contributed by atoms with Gasteiger partial charge in [-0.05, 0) is 31.2 Å². The van der Waals surface area contributed by atoms with Gasteiger partial charge in [-0.25, -0.2) is 0 Å². The maximum absolute atomic E-state index is 6.36. The van der Waals surface area contributed by atoms with Crippen LogP contribution in [0.25, 0.3) is 10.9 Å². The number of pyridine rings is 1. The van der Waals surface area contributed by atoms with Crippen molar-refractivity contribution >= 4 is 22.3 Å². The molecule has 5 nitrogen and oxygen atoms in total. The molecule has 21 heavy (non-hydrogen) atoms. The summed E-state index contributed by atoms with van der Waals surface area (Å²) in [5, 5.41) is 0.974. The number of ether oxygens (including phenoxy) is 2. The van der Waals surface area contributed by atoms with Crippen molar-refractivity contribution in [3.05, 3.63) is 30.5 Å². The molecule has 0 aliphatic rings. The van der Waals surface area contributed by atoms with Crippen molar-refractivity contribution < 1.29 is 9.47 Å². The SMILES string of the molecule is COCCN(c1ccc2ncccc2c1N)C(C)COC. The first-order valence-electron chi connectivity index (χ1n) is 7.06. The molecular formula is C16H23N3O2. The van der Waals surface area contributed by atoms with E-state index >= 15 is 0 Å².